The number of benzene rings is 2. The summed E-state index contributed by atoms with van der Waals surface area (Å²) >= 11 is 6.71. The van der Waals surface area contributed by atoms with Gasteiger partial charge in [-0.15, -0.1) is 0 Å². The molecule has 1 unspecified atom stereocenters. The van der Waals surface area contributed by atoms with E-state index in [2.05, 4.69) is 57.4 Å². The zero-order chi connectivity index (χ0) is 27.2. The molecule has 1 N–H and O–H groups in total. The third-order valence-electron chi connectivity index (χ3n) is 9.39. The second-order valence-electron chi connectivity index (χ2n) is 11.9. The summed E-state index contributed by atoms with van der Waals surface area (Å²) in [7, 11) is 2.17. The molecule has 4 atom stereocenters. The number of hydrogen-bond acceptors (Lipinski definition) is 8. The maximum absolute atomic E-state index is 9.35. The summed E-state index contributed by atoms with van der Waals surface area (Å²) in [6.45, 7) is 5.03. The maximum atomic E-state index is 9.35. The number of fused-ring (bicyclic) bond motifs is 4. The summed E-state index contributed by atoms with van der Waals surface area (Å²) in [5.74, 6) is 1.42. The molecule has 9 heteroatoms. The monoisotopic (exact) mass is 557 g/mol. The molecular weight excluding hydrogens is 522 g/mol. The number of anilines is 2. The Kier molecular flexibility index (Phi) is 6.91. The van der Waals surface area contributed by atoms with Crippen molar-refractivity contribution in [3.8, 4) is 12.1 Å². The smallest absolute Gasteiger partial charge is 0.318 e. The van der Waals surface area contributed by atoms with Crippen LogP contribution in [-0.4, -0.2) is 72.8 Å². The van der Waals surface area contributed by atoms with Gasteiger partial charge >= 0.3 is 6.01 Å². The number of aromatic nitrogens is 2. The minimum atomic E-state index is 0.318. The predicted molar refractivity (Wildman–Crippen MR) is 158 cm³/mol. The van der Waals surface area contributed by atoms with Crippen LogP contribution < -0.4 is 19.9 Å². The Hall–Kier alpha value is -3.12. The molecule has 40 heavy (non-hydrogen) atoms. The first-order valence-corrected chi connectivity index (χ1v) is 15.0. The first-order chi connectivity index (χ1) is 19.6. The molecule has 0 spiro atoms. The van der Waals surface area contributed by atoms with E-state index in [1.54, 1.807) is 0 Å². The number of hydrogen-bond donors (Lipinski definition) is 1. The van der Waals surface area contributed by atoms with Crippen LogP contribution in [0.2, 0.25) is 5.02 Å². The van der Waals surface area contributed by atoms with Gasteiger partial charge in [0, 0.05) is 60.8 Å². The van der Waals surface area contributed by atoms with Gasteiger partial charge in [0.25, 0.3) is 0 Å². The van der Waals surface area contributed by atoms with Crippen molar-refractivity contribution >= 4 is 33.9 Å². The molecule has 0 radical (unpaired) electrons. The van der Waals surface area contributed by atoms with Gasteiger partial charge in [-0.3, -0.25) is 0 Å². The van der Waals surface area contributed by atoms with Crippen LogP contribution in [0.4, 0.5) is 11.5 Å². The van der Waals surface area contributed by atoms with Gasteiger partial charge in [-0.2, -0.15) is 15.2 Å². The van der Waals surface area contributed by atoms with E-state index in [4.69, 9.17) is 26.3 Å². The van der Waals surface area contributed by atoms with Crippen LogP contribution >= 0.6 is 11.6 Å². The highest BCUT2D eigenvalue weighted by atomic mass is 35.5. The zero-order valence-electron chi connectivity index (χ0n) is 23.0. The van der Waals surface area contributed by atoms with E-state index in [0.717, 1.165) is 78.4 Å². The Morgan fingerprint density at radius 1 is 1.12 bits per heavy atom. The summed E-state index contributed by atoms with van der Waals surface area (Å²) in [4.78, 5) is 17.3. The lowest BCUT2D eigenvalue weighted by Crippen LogP contribution is -2.53. The summed E-state index contributed by atoms with van der Waals surface area (Å²) < 4.78 is 6.33. The Bertz CT molecular complexity index is 1450. The van der Waals surface area contributed by atoms with Crippen LogP contribution in [0.25, 0.3) is 10.8 Å². The fraction of sp³-hybridized carbons (Fsp3) is 0.516. The fourth-order valence-corrected chi connectivity index (χ4v) is 7.56. The first-order valence-electron chi connectivity index (χ1n) is 14.6. The highest BCUT2D eigenvalue weighted by Gasteiger charge is 2.41. The standard InChI is InChI=1S/C31H36ClN7O/c1-37-13-4-7-23(37)19-40-31-35-27-18-38(28-9-3-6-20-5-2-8-25(32)29(20)28)14-11-24(27)30(36-31)39-16-22-15-21(10-12-33)26(17-39)34-22/h2-3,5-6,8-9,21-23,26,34H,4,7,10-11,13-19H2,1H3/t21-,22-,23?,26-/m1/s1. The van der Waals surface area contributed by atoms with E-state index in [-0.39, 0.29) is 0 Å². The Morgan fingerprint density at radius 3 is 2.83 bits per heavy atom. The average Bonchev–Trinajstić information content (AvgIpc) is 3.51. The molecule has 3 fully saturated rings. The third-order valence-corrected chi connectivity index (χ3v) is 9.70. The van der Waals surface area contributed by atoms with Crippen LogP contribution in [0.5, 0.6) is 6.01 Å². The van der Waals surface area contributed by atoms with E-state index < -0.39 is 0 Å². The first kappa shape index (κ1) is 25.8. The summed E-state index contributed by atoms with van der Waals surface area (Å²) in [5.41, 5.74) is 3.41. The molecule has 0 saturated carbocycles. The SMILES string of the molecule is CN1CCCC1COc1nc2c(c(N3C[C@H]4C[C@@H](CC#N)[C@@H](C3)N4)n1)CCN(c1cccc3cccc(Cl)c13)C2. The molecule has 1 aromatic heterocycles. The third kappa shape index (κ3) is 4.74. The minimum absolute atomic E-state index is 0.318. The molecule has 3 saturated heterocycles. The van der Waals surface area contributed by atoms with Crippen LogP contribution in [0, 0.1) is 17.2 Å². The topological polar surface area (TPSA) is 80.5 Å². The second-order valence-corrected chi connectivity index (χ2v) is 12.3. The highest BCUT2D eigenvalue weighted by Crippen LogP contribution is 2.38. The number of nitrogens with one attached hydrogen (secondary N) is 1. The van der Waals surface area contributed by atoms with E-state index >= 15 is 0 Å². The van der Waals surface area contributed by atoms with Crippen LogP contribution in [-0.2, 0) is 13.0 Å². The molecule has 2 bridgehead atoms. The largest absolute Gasteiger partial charge is 0.462 e. The van der Waals surface area contributed by atoms with Crippen LogP contribution in [0.3, 0.4) is 0 Å². The molecule has 3 aromatic rings. The summed E-state index contributed by atoms with van der Waals surface area (Å²) in [6.07, 6.45) is 4.87. The number of likely N-dealkylation sites (tertiary alicyclic amines) is 1. The fourth-order valence-electron chi connectivity index (χ4n) is 7.28. The lowest BCUT2D eigenvalue weighted by Gasteiger charge is -2.38. The molecule has 0 aliphatic carbocycles. The molecule has 2 aromatic carbocycles. The number of nitrogens with zero attached hydrogens (tertiary/aromatic N) is 6. The van der Waals surface area contributed by atoms with Gasteiger partial charge in [0.05, 0.1) is 23.3 Å². The van der Waals surface area contributed by atoms with Crippen LogP contribution in [0.15, 0.2) is 36.4 Å². The number of halogens is 1. The van der Waals surface area contributed by atoms with Gasteiger partial charge in [-0.1, -0.05) is 35.9 Å². The van der Waals surface area contributed by atoms with E-state index in [0.29, 0.717) is 49.6 Å². The molecule has 4 aliphatic heterocycles. The normalized spacial score (nSPS) is 26.2. The van der Waals surface area contributed by atoms with Crippen molar-refractivity contribution in [3.05, 3.63) is 52.7 Å². The van der Waals surface area contributed by atoms with E-state index in [9.17, 15) is 5.26 Å². The highest BCUT2D eigenvalue weighted by molar-refractivity contribution is 6.36. The maximum Gasteiger partial charge on any atom is 0.318 e. The average molecular weight is 558 g/mol. The second kappa shape index (κ2) is 10.7. The number of piperazine rings is 1. The van der Waals surface area contributed by atoms with Crippen molar-refractivity contribution in [2.75, 3.05) is 49.6 Å². The van der Waals surface area contributed by atoms with Gasteiger partial charge in [-0.25, -0.2) is 0 Å². The van der Waals surface area contributed by atoms with Gasteiger partial charge < -0.3 is 24.8 Å². The molecule has 8 nitrogen and oxygen atoms in total. The van der Waals surface area contributed by atoms with Gasteiger partial charge in [0.1, 0.15) is 12.4 Å². The summed E-state index contributed by atoms with van der Waals surface area (Å²) in [6, 6.07) is 16.5. The zero-order valence-corrected chi connectivity index (χ0v) is 23.8. The number of rotatable bonds is 6. The number of likely N-dealkylation sites (N-methyl/N-ethyl adjacent to an activating group) is 1. The lowest BCUT2D eigenvalue weighted by atomic mass is 9.97. The lowest BCUT2D eigenvalue weighted by molar-refractivity contribution is 0.187. The van der Waals surface area contributed by atoms with Gasteiger partial charge in [-0.05, 0) is 62.7 Å². The molecule has 208 valence electrons. The van der Waals surface area contributed by atoms with E-state index in [1.165, 1.54) is 12.0 Å². The summed E-state index contributed by atoms with van der Waals surface area (Å²) in [5, 5.41) is 16.1. The van der Waals surface area contributed by atoms with Crippen molar-refractivity contribution in [2.45, 2.75) is 56.8 Å². The number of nitriles is 1. The van der Waals surface area contributed by atoms with Crippen molar-refractivity contribution in [1.29, 1.82) is 5.26 Å². The van der Waals surface area contributed by atoms with Crippen molar-refractivity contribution in [1.82, 2.24) is 20.2 Å². The van der Waals surface area contributed by atoms with Crippen molar-refractivity contribution in [3.63, 3.8) is 0 Å². The van der Waals surface area contributed by atoms with Crippen molar-refractivity contribution < 1.29 is 4.74 Å². The molecule has 4 aliphatic rings. The van der Waals surface area contributed by atoms with Crippen molar-refractivity contribution in [2.24, 2.45) is 5.92 Å². The van der Waals surface area contributed by atoms with E-state index in [1.807, 2.05) is 12.1 Å². The molecular formula is C31H36ClN7O. The Morgan fingerprint density at radius 2 is 2.00 bits per heavy atom. The predicted octanol–water partition coefficient (Wildman–Crippen LogP) is 4.40. The molecule has 0 amide bonds. The minimum Gasteiger partial charge on any atom is -0.462 e. The van der Waals surface area contributed by atoms with Gasteiger partial charge in [0.15, 0.2) is 0 Å². The van der Waals surface area contributed by atoms with Gasteiger partial charge in [0.2, 0.25) is 0 Å². The quantitative estimate of drug-likeness (QED) is 0.478. The Balaban J connectivity index is 1.22. The Labute approximate surface area is 240 Å². The molecule has 7 rings (SSSR count). The van der Waals surface area contributed by atoms with Crippen LogP contribution in [0.1, 0.15) is 36.9 Å². The molecule has 5 heterocycles. The number of ether oxygens (including phenoxy) is 1.